The normalized spacial score (nSPS) is 23.1. The van der Waals surface area contributed by atoms with Gasteiger partial charge in [0.15, 0.2) is 0 Å². The lowest BCUT2D eigenvalue weighted by molar-refractivity contribution is -0.385. The SMILES string of the molecule is CC1CN(C(=O)c2cc(Cl)ccc2[N+](=O)[O-])CC(C)N1C. The number of piperazine rings is 1. The van der Waals surface area contributed by atoms with Gasteiger partial charge in [-0.15, -0.1) is 0 Å². The molecule has 1 amide bonds. The molecule has 0 spiro atoms. The van der Waals surface area contributed by atoms with E-state index in [0.717, 1.165) is 0 Å². The van der Waals surface area contributed by atoms with Gasteiger partial charge in [-0.2, -0.15) is 0 Å². The predicted molar refractivity (Wildman–Crippen MR) is 80.7 cm³/mol. The third kappa shape index (κ3) is 3.16. The maximum atomic E-state index is 12.6. The first-order valence-corrected chi connectivity index (χ1v) is 7.14. The molecule has 114 valence electrons. The van der Waals surface area contributed by atoms with E-state index in [1.165, 1.54) is 18.2 Å². The zero-order valence-electron chi connectivity index (χ0n) is 12.2. The van der Waals surface area contributed by atoms with Crippen LogP contribution in [0.2, 0.25) is 5.02 Å². The van der Waals surface area contributed by atoms with Gasteiger partial charge in [0.1, 0.15) is 5.56 Å². The van der Waals surface area contributed by atoms with Crippen LogP contribution in [0, 0.1) is 10.1 Å². The molecule has 1 aliphatic heterocycles. The number of carbonyl (C=O) groups is 1. The summed E-state index contributed by atoms with van der Waals surface area (Å²) in [5.74, 6) is -0.337. The Balaban J connectivity index is 2.32. The number of amides is 1. The van der Waals surface area contributed by atoms with Crippen LogP contribution in [0.3, 0.4) is 0 Å². The zero-order valence-corrected chi connectivity index (χ0v) is 13.0. The molecule has 6 nitrogen and oxygen atoms in total. The minimum atomic E-state index is -0.549. The monoisotopic (exact) mass is 311 g/mol. The second-order valence-corrected chi connectivity index (χ2v) is 5.93. The summed E-state index contributed by atoms with van der Waals surface area (Å²) in [6.07, 6.45) is 0. The largest absolute Gasteiger partial charge is 0.335 e. The fourth-order valence-corrected chi connectivity index (χ4v) is 2.75. The number of nitrogens with zero attached hydrogens (tertiary/aromatic N) is 3. The van der Waals surface area contributed by atoms with Crippen LogP contribution in [0.5, 0.6) is 0 Å². The number of nitro benzene ring substituents is 1. The maximum Gasteiger partial charge on any atom is 0.282 e. The topological polar surface area (TPSA) is 66.7 Å². The molecule has 1 aliphatic rings. The van der Waals surface area contributed by atoms with Gasteiger partial charge in [0.05, 0.1) is 4.92 Å². The van der Waals surface area contributed by atoms with Gasteiger partial charge in [0.2, 0.25) is 0 Å². The van der Waals surface area contributed by atoms with Crippen molar-refractivity contribution < 1.29 is 9.72 Å². The molecular weight excluding hydrogens is 294 g/mol. The fourth-order valence-electron chi connectivity index (χ4n) is 2.58. The summed E-state index contributed by atoms with van der Waals surface area (Å²) >= 11 is 5.88. The molecule has 2 atom stereocenters. The van der Waals surface area contributed by atoms with E-state index in [1.807, 2.05) is 20.9 Å². The zero-order chi connectivity index (χ0) is 15.7. The molecule has 0 radical (unpaired) electrons. The number of nitro groups is 1. The Morgan fingerprint density at radius 3 is 2.43 bits per heavy atom. The fraction of sp³-hybridized carbons (Fsp3) is 0.500. The first kappa shape index (κ1) is 15.7. The molecule has 0 saturated carbocycles. The highest BCUT2D eigenvalue weighted by Gasteiger charge is 2.32. The number of halogens is 1. The smallest absolute Gasteiger partial charge is 0.282 e. The highest BCUT2D eigenvalue weighted by molar-refractivity contribution is 6.31. The van der Waals surface area contributed by atoms with Gasteiger partial charge in [0.25, 0.3) is 11.6 Å². The van der Waals surface area contributed by atoms with Crippen molar-refractivity contribution in [1.29, 1.82) is 0 Å². The average Bonchev–Trinajstić information content (AvgIpc) is 2.42. The Morgan fingerprint density at radius 2 is 1.90 bits per heavy atom. The first-order valence-electron chi connectivity index (χ1n) is 6.76. The highest BCUT2D eigenvalue weighted by Crippen LogP contribution is 2.25. The Kier molecular flexibility index (Phi) is 4.49. The molecule has 21 heavy (non-hydrogen) atoms. The number of hydrogen-bond donors (Lipinski definition) is 0. The molecule has 7 heteroatoms. The van der Waals surface area contributed by atoms with Gasteiger partial charge in [-0.05, 0) is 33.0 Å². The summed E-state index contributed by atoms with van der Waals surface area (Å²) in [5.41, 5.74) is -0.153. The van der Waals surface area contributed by atoms with Gasteiger partial charge >= 0.3 is 0 Å². The van der Waals surface area contributed by atoms with Crippen LogP contribution in [0.4, 0.5) is 5.69 Å². The van der Waals surface area contributed by atoms with Crippen LogP contribution in [-0.4, -0.2) is 52.9 Å². The Labute approximate surface area is 128 Å². The summed E-state index contributed by atoms with van der Waals surface area (Å²) in [6, 6.07) is 4.48. The molecule has 0 aromatic heterocycles. The summed E-state index contributed by atoms with van der Waals surface area (Å²) < 4.78 is 0. The first-order chi connectivity index (χ1) is 9.81. The summed E-state index contributed by atoms with van der Waals surface area (Å²) in [5, 5.41) is 11.4. The van der Waals surface area contributed by atoms with Gasteiger partial charge in [-0.3, -0.25) is 19.8 Å². The van der Waals surface area contributed by atoms with Crippen LogP contribution < -0.4 is 0 Å². The lowest BCUT2D eigenvalue weighted by atomic mass is 10.1. The summed E-state index contributed by atoms with van der Waals surface area (Å²) in [6.45, 7) is 5.15. The molecule has 1 fully saturated rings. The van der Waals surface area contributed by atoms with Gasteiger partial charge in [-0.25, -0.2) is 0 Å². The quantitative estimate of drug-likeness (QED) is 0.621. The molecule has 2 rings (SSSR count). The van der Waals surface area contributed by atoms with Crippen LogP contribution in [0.25, 0.3) is 0 Å². The standard InChI is InChI=1S/C14H18ClN3O3/c1-9-7-17(8-10(2)16(9)3)14(19)12-6-11(15)4-5-13(12)18(20)21/h4-6,9-10H,7-8H2,1-3H3. The molecule has 0 aliphatic carbocycles. The third-order valence-electron chi connectivity index (χ3n) is 4.03. The van der Waals surface area contributed by atoms with E-state index in [4.69, 9.17) is 11.6 Å². The van der Waals surface area contributed by atoms with Crippen LogP contribution in [0.1, 0.15) is 24.2 Å². The molecule has 1 saturated heterocycles. The van der Waals surface area contributed by atoms with Crippen molar-refractivity contribution >= 4 is 23.2 Å². The highest BCUT2D eigenvalue weighted by atomic mass is 35.5. The van der Waals surface area contributed by atoms with Gasteiger partial charge in [0, 0.05) is 36.3 Å². The van der Waals surface area contributed by atoms with E-state index < -0.39 is 4.92 Å². The van der Waals surface area contributed by atoms with Crippen molar-refractivity contribution in [3.63, 3.8) is 0 Å². The van der Waals surface area contributed by atoms with Crippen molar-refractivity contribution in [3.8, 4) is 0 Å². The number of hydrogen-bond acceptors (Lipinski definition) is 4. The van der Waals surface area contributed by atoms with E-state index in [2.05, 4.69) is 4.90 Å². The molecule has 1 heterocycles. The van der Waals surface area contributed by atoms with Gasteiger partial charge < -0.3 is 4.90 Å². The molecule has 0 bridgehead atoms. The molecule has 1 aromatic rings. The minimum Gasteiger partial charge on any atom is -0.335 e. The van der Waals surface area contributed by atoms with Crippen molar-refractivity contribution in [3.05, 3.63) is 38.9 Å². The summed E-state index contributed by atoms with van der Waals surface area (Å²) in [4.78, 5) is 27.0. The Morgan fingerprint density at radius 1 is 1.33 bits per heavy atom. The number of likely N-dealkylation sites (N-methyl/N-ethyl adjacent to an activating group) is 1. The van der Waals surface area contributed by atoms with E-state index >= 15 is 0 Å². The van der Waals surface area contributed by atoms with Gasteiger partial charge in [-0.1, -0.05) is 11.6 Å². The van der Waals surface area contributed by atoms with E-state index in [0.29, 0.717) is 18.1 Å². The summed E-state index contributed by atoms with van der Waals surface area (Å²) in [7, 11) is 2.01. The van der Waals surface area contributed by atoms with Crippen molar-refractivity contribution in [2.24, 2.45) is 0 Å². The minimum absolute atomic E-state index is 0.0523. The maximum absolute atomic E-state index is 12.6. The van der Waals surface area contributed by atoms with Crippen LogP contribution in [0.15, 0.2) is 18.2 Å². The van der Waals surface area contributed by atoms with E-state index in [-0.39, 0.29) is 29.2 Å². The Hall–Kier alpha value is -1.66. The number of benzene rings is 1. The average molecular weight is 312 g/mol. The van der Waals surface area contributed by atoms with Crippen molar-refractivity contribution in [1.82, 2.24) is 9.80 Å². The van der Waals surface area contributed by atoms with Crippen LogP contribution in [-0.2, 0) is 0 Å². The lowest BCUT2D eigenvalue weighted by Gasteiger charge is -2.42. The molecule has 2 unspecified atom stereocenters. The second kappa shape index (κ2) is 5.99. The van der Waals surface area contributed by atoms with E-state index in [1.54, 1.807) is 4.90 Å². The van der Waals surface area contributed by atoms with Crippen LogP contribution >= 0.6 is 11.6 Å². The van der Waals surface area contributed by atoms with Crippen molar-refractivity contribution in [2.75, 3.05) is 20.1 Å². The Bertz CT molecular complexity index is 567. The number of rotatable bonds is 2. The third-order valence-corrected chi connectivity index (χ3v) is 4.27. The molecular formula is C14H18ClN3O3. The molecule has 0 N–H and O–H groups in total. The predicted octanol–water partition coefficient (Wildman–Crippen LogP) is 2.41. The number of carbonyl (C=O) groups excluding carboxylic acids is 1. The van der Waals surface area contributed by atoms with Crippen molar-refractivity contribution in [2.45, 2.75) is 25.9 Å². The lowest BCUT2D eigenvalue weighted by Crippen LogP contribution is -2.56. The van der Waals surface area contributed by atoms with E-state index in [9.17, 15) is 14.9 Å². The second-order valence-electron chi connectivity index (χ2n) is 5.49. The molecule has 1 aromatic carbocycles.